The van der Waals surface area contributed by atoms with Crippen molar-refractivity contribution in [3.05, 3.63) is 64.4 Å². The van der Waals surface area contributed by atoms with Crippen LogP contribution in [0, 0.1) is 5.82 Å². The van der Waals surface area contributed by atoms with E-state index in [1.165, 1.54) is 38.1 Å². The lowest BCUT2D eigenvalue weighted by molar-refractivity contribution is -0.152. The molecule has 0 bridgehead atoms. The van der Waals surface area contributed by atoms with Crippen LogP contribution in [0.3, 0.4) is 0 Å². The predicted molar refractivity (Wildman–Crippen MR) is 95.7 cm³/mol. The van der Waals surface area contributed by atoms with E-state index in [4.69, 9.17) is 16.3 Å². The fraction of sp³-hybridized carbons (Fsp3) is 0.211. The summed E-state index contributed by atoms with van der Waals surface area (Å²) in [7, 11) is 0. The maximum atomic E-state index is 13.7. The molecule has 0 fully saturated rings. The number of halogens is 2. The van der Waals surface area contributed by atoms with Gasteiger partial charge in [0.15, 0.2) is 11.9 Å². The first kappa shape index (κ1) is 19.6. The van der Waals surface area contributed by atoms with Crippen molar-refractivity contribution in [1.29, 1.82) is 0 Å². The molecule has 0 aliphatic carbocycles. The van der Waals surface area contributed by atoms with E-state index in [9.17, 15) is 18.8 Å². The molecule has 5 nitrogen and oxygen atoms in total. The largest absolute Gasteiger partial charge is 0.452 e. The molecular formula is C19H17ClFNO4. The normalized spacial score (nSPS) is 11.5. The van der Waals surface area contributed by atoms with E-state index in [0.717, 1.165) is 0 Å². The third-order valence-corrected chi connectivity index (χ3v) is 3.95. The molecule has 26 heavy (non-hydrogen) atoms. The lowest BCUT2D eigenvalue weighted by Gasteiger charge is -2.14. The third-order valence-electron chi connectivity index (χ3n) is 3.60. The molecule has 0 saturated heterocycles. The SMILES string of the molecule is CC(=O)c1cccc(NC(=O)[C@@H](C)OC(=O)Cc2c(F)cccc2Cl)c1. The summed E-state index contributed by atoms with van der Waals surface area (Å²) in [5.41, 5.74) is 0.866. The van der Waals surface area contributed by atoms with Crippen molar-refractivity contribution in [3.8, 4) is 0 Å². The summed E-state index contributed by atoms with van der Waals surface area (Å²) in [5.74, 6) is -2.11. The van der Waals surface area contributed by atoms with Crippen LogP contribution < -0.4 is 5.32 Å². The number of Topliss-reactive ketones (excluding diaryl/α,β-unsaturated/α-hetero) is 1. The summed E-state index contributed by atoms with van der Waals surface area (Å²) in [6, 6.07) is 10.5. The highest BCUT2D eigenvalue weighted by atomic mass is 35.5. The molecule has 7 heteroatoms. The van der Waals surface area contributed by atoms with Crippen LogP contribution in [0.4, 0.5) is 10.1 Å². The number of ether oxygens (including phenoxy) is 1. The number of nitrogens with one attached hydrogen (secondary N) is 1. The fourth-order valence-corrected chi connectivity index (χ4v) is 2.43. The Morgan fingerprint density at radius 3 is 2.54 bits per heavy atom. The highest BCUT2D eigenvalue weighted by Gasteiger charge is 2.20. The van der Waals surface area contributed by atoms with Crippen molar-refractivity contribution in [2.45, 2.75) is 26.4 Å². The molecule has 0 unspecified atom stereocenters. The number of carbonyl (C=O) groups is 3. The first-order valence-corrected chi connectivity index (χ1v) is 8.20. The number of ketones is 1. The Labute approximate surface area is 155 Å². The van der Waals surface area contributed by atoms with Gasteiger partial charge in [-0.15, -0.1) is 0 Å². The van der Waals surface area contributed by atoms with Crippen LogP contribution in [0.15, 0.2) is 42.5 Å². The first-order chi connectivity index (χ1) is 12.3. The van der Waals surface area contributed by atoms with Crippen LogP contribution in [-0.2, 0) is 20.7 Å². The second-order valence-electron chi connectivity index (χ2n) is 5.64. The Bertz CT molecular complexity index is 833. The quantitative estimate of drug-likeness (QED) is 0.614. The topological polar surface area (TPSA) is 72.5 Å². The molecule has 0 saturated carbocycles. The van der Waals surface area contributed by atoms with Gasteiger partial charge in [-0.3, -0.25) is 14.4 Å². The van der Waals surface area contributed by atoms with Crippen LogP contribution in [0.1, 0.15) is 29.8 Å². The molecule has 0 aliphatic heterocycles. The van der Waals surface area contributed by atoms with Gasteiger partial charge in [-0.1, -0.05) is 29.8 Å². The van der Waals surface area contributed by atoms with Crippen LogP contribution in [0.2, 0.25) is 5.02 Å². The van der Waals surface area contributed by atoms with Gasteiger partial charge < -0.3 is 10.1 Å². The van der Waals surface area contributed by atoms with Gasteiger partial charge in [-0.2, -0.15) is 0 Å². The maximum absolute atomic E-state index is 13.7. The van der Waals surface area contributed by atoms with Crippen LogP contribution in [0.5, 0.6) is 0 Å². The first-order valence-electron chi connectivity index (χ1n) is 7.82. The van der Waals surface area contributed by atoms with E-state index in [1.54, 1.807) is 18.2 Å². The molecule has 0 heterocycles. The highest BCUT2D eigenvalue weighted by Crippen LogP contribution is 2.20. The van der Waals surface area contributed by atoms with Crippen LogP contribution >= 0.6 is 11.6 Å². The minimum absolute atomic E-state index is 0.0148. The third kappa shape index (κ3) is 5.13. The average Bonchev–Trinajstić information content (AvgIpc) is 2.58. The van der Waals surface area contributed by atoms with Crippen molar-refractivity contribution in [2.75, 3.05) is 5.32 Å². The molecule has 2 rings (SSSR count). The lowest BCUT2D eigenvalue weighted by Crippen LogP contribution is -2.30. The van der Waals surface area contributed by atoms with E-state index in [2.05, 4.69) is 5.32 Å². The van der Waals surface area contributed by atoms with Gasteiger partial charge in [0.1, 0.15) is 5.82 Å². The van der Waals surface area contributed by atoms with Gasteiger partial charge in [0.2, 0.25) is 0 Å². The Balaban J connectivity index is 1.97. The van der Waals surface area contributed by atoms with E-state index in [1.807, 2.05) is 0 Å². The van der Waals surface area contributed by atoms with E-state index in [0.29, 0.717) is 11.3 Å². The fourth-order valence-electron chi connectivity index (χ4n) is 2.20. The van der Waals surface area contributed by atoms with E-state index < -0.39 is 23.8 Å². The van der Waals surface area contributed by atoms with Crippen molar-refractivity contribution in [3.63, 3.8) is 0 Å². The zero-order chi connectivity index (χ0) is 19.3. The molecule has 0 aliphatic rings. The van der Waals surface area contributed by atoms with Crippen molar-refractivity contribution in [1.82, 2.24) is 0 Å². The smallest absolute Gasteiger partial charge is 0.311 e. The summed E-state index contributed by atoms with van der Waals surface area (Å²) >= 11 is 5.87. The zero-order valence-electron chi connectivity index (χ0n) is 14.2. The second kappa shape index (κ2) is 8.58. The summed E-state index contributed by atoms with van der Waals surface area (Å²) in [6.45, 7) is 2.81. The average molecular weight is 378 g/mol. The number of amides is 1. The van der Waals surface area contributed by atoms with Gasteiger partial charge in [0.25, 0.3) is 5.91 Å². The maximum Gasteiger partial charge on any atom is 0.311 e. The molecule has 1 atom stereocenters. The van der Waals surface area contributed by atoms with Crippen LogP contribution in [0.25, 0.3) is 0 Å². The minimum atomic E-state index is -1.10. The monoisotopic (exact) mass is 377 g/mol. The van der Waals surface area contributed by atoms with Gasteiger partial charge >= 0.3 is 5.97 Å². The number of carbonyl (C=O) groups excluding carboxylic acids is 3. The lowest BCUT2D eigenvalue weighted by atomic mass is 10.1. The van der Waals surface area contributed by atoms with Crippen molar-refractivity contribution >= 4 is 34.9 Å². The van der Waals surface area contributed by atoms with E-state index >= 15 is 0 Å². The molecule has 1 amide bonds. The number of benzene rings is 2. The number of anilines is 1. The van der Waals surface area contributed by atoms with Crippen LogP contribution in [-0.4, -0.2) is 23.8 Å². The minimum Gasteiger partial charge on any atom is -0.452 e. The number of rotatable bonds is 6. The molecule has 136 valence electrons. The zero-order valence-corrected chi connectivity index (χ0v) is 15.0. The molecule has 0 aromatic heterocycles. The Morgan fingerprint density at radius 2 is 1.88 bits per heavy atom. The summed E-state index contributed by atoms with van der Waals surface area (Å²) in [6.07, 6.45) is -1.49. The van der Waals surface area contributed by atoms with Crippen molar-refractivity contribution < 1.29 is 23.5 Å². The van der Waals surface area contributed by atoms with Gasteiger partial charge in [-0.05, 0) is 38.1 Å². The number of esters is 1. The standard InChI is InChI=1S/C19H17ClFNO4/c1-11(23)13-5-3-6-14(9-13)22-19(25)12(2)26-18(24)10-15-16(20)7-4-8-17(15)21/h3-9,12H,10H2,1-2H3,(H,22,25)/t12-/m1/s1. The Kier molecular flexibility index (Phi) is 6.46. The summed E-state index contributed by atoms with van der Waals surface area (Å²) in [5, 5.41) is 2.67. The Hall–Kier alpha value is -2.73. The van der Waals surface area contributed by atoms with E-state index in [-0.39, 0.29) is 22.8 Å². The van der Waals surface area contributed by atoms with Crippen molar-refractivity contribution in [2.24, 2.45) is 0 Å². The molecule has 0 radical (unpaired) electrons. The summed E-state index contributed by atoms with van der Waals surface area (Å²) < 4.78 is 18.7. The predicted octanol–water partition coefficient (Wildman–Crippen LogP) is 3.79. The molecule has 2 aromatic carbocycles. The molecule has 1 N–H and O–H groups in total. The molecule has 0 spiro atoms. The second-order valence-corrected chi connectivity index (χ2v) is 6.04. The summed E-state index contributed by atoms with van der Waals surface area (Å²) in [4.78, 5) is 35.5. The van der Waals surface area contributed by atoms with Gasteiger partial charge in [0, 0.05) is 21.8 Å². The van der Waals surface area contributed by atoms with Gasteiger partial charge in [0.05, 0.1) is 6.42 Å². The Morgan fingerprint density at radius 1 is 1.19 bits per heavy atom. The molecule has 2 aromatic rings. The highest BCUT2D eigenvalue weighted by molar-refractivity contribution is 6.31. The number of hydrogen-bond donors (Lipinski definition) is 1. The van der Waals surface area contributed by atoms with Gasteiger partial charge in [-0.25, -0.2) is 4.39 Å². The molecular weight excluding hydrogens is 361 g/mol. The number of hydrogen-bond acceptors (Lipinski definition) is 4.